The van der Waals surface area contributed by atoms with Gasteiger partial charge in [-0.05, 0) is 12.1 Å². The van der Waals surface area contributed by atoms with Crippen LogP contribution in [0.2, 0.25) is 0 Å². The molecule has 1 fully saturated rings. The lowest BCUT2D eigenvalue weighted by Gasteiger charge is -2.33. The number of rotatable bonds is 3. The zero-order chi connectivity index (χ0) is 17.1. The number of hydrogen-bond donors (Lipinski definition) is 0. The van der Waals surface area contributed by atoms with Gasteiger partial charge in [0.1, 0.15) is 13.1 Å². The van der Waals surface area contributed by atoms with Crippen molar-refractivity contribution in [2.45, 2.75) is 0 Å². The highest BCUT2D eigenvalue weighted by Crippen LogP contribution is 2.15. The number of ether oxygens (including phenoxy) is 1. The summed E-state index contributed by atoms with van der Waals surface area (Å²) in [6.45, 7) is 0.534. The van der Waals surface area contributed by atoms with E-state index < -0.39 is 5.97 Å². The van der Waals surface area contributed by atoms with Gasteiger partial charge in [-0.25, -0.2) is 0 Å². The van der Waals surface area contributed by atoms with Crippen molar-refractivity contribution in [2.24, 2.45) is 0 Å². The Morgan fingerprint density at radius 1 is 1.25 bits per heavy atom. The molecule has 2 heterocycles. The number of piperazine rings is 1. The van der Waals surface area contributed by atoms with Gasteiger partial charge < -0.3 is 14.5 Å². The molecular formula is C17H17N3O4. The molecule has 0 aliphatic carbocycles. The average molecular weight is 327 g/mol. The van der Waals surface area contributed by atoms with Crippen LogP contribution in [0.15, 0.2) is 36.5 Å². The van der Waals surface area contributed by atoms with Gasteiger partial charge in [0, 0.05) is 24.7 Å². The minimum atomic E-state index is -0.471. The lowest BCUT2D eigenvalue weighted by molar-refractivity contribution is -0.148. The van der Waals surface area contributed by atoms with Crippen LogP contribution in [0.4, 0.5) is 0 Å². The van der Waals surface area contributed by atoms with E-state index in [9.17, 15) is 14.4 Å². The average Bonchev–Trinajstić information content (AvgIpc) is 2.62. The number of amides is 2. The quantitative estimate of drug-likeness (QED) is 0.775. The number of pyridine rings is 1. The maximum Gasteiger partial charge on any atom is 0.325 e. The Bertz CT molecular complexity index is 805. The molecule has 1 saturated heterocycles. The monoisotopic (exact) mass is 327 g/mol. The van der Waals surface area contributed by atoms with Crippen LogP contribution in [0, 0.1) is 0 Å². The molecule has 1 aromatic carbocycles. The van der Waals surface area contributed by atoms with Gasteiger partial charge in [-0.15, -0.1) is 0 Å². The normalized spacial score (nSPS) is 14.8. The highest BCUT2D eigenvalue weighted by molar-refractivity contribution is 5.99. The molecular weight excluding hydrogens is 310 g/mol. The van der Waals surface area contributed by atoms with Gasteiger partial charge in [0.15, 0.2) is 0 Å². The van der Waals surface area contributed by atoms with Crippen molar-refractivity contribution in [3.05, 3.63) is 42.1 Å². The number of methoxy groups -OCH3 is 1. The molecule has 0 bridgehead atoms. The number of nitrogens with zero attached hydrogens (tertiary/aromatic N) is 3. The van der Waals surface area contributed by atoms with E-state index in [2.05, 4.69) is 9.72 Å². The van der Waals surface area contributed by atoms with Crippen LogP contribution in [0.1, 0.15) is 10.4 Å². The van der Waals surface area contributed by atoms with Crippen LogP contribution in [0.25, 0.3) is 10.9 Å². The minimum absolute atomic E-state index is 0.0529. The SMILES string of the molecule is COC(=O)CN1CCN(C(=O)c2cnc3ccccc3c2)CC1=O. The molecule has 7 nitrogen and oxygen atoms in total. The van der Waals surface area contributed by atoms with E-state index in [0.29, 0.717) is 18.7 Å². The third-order valence-electron chi connectivity index (χ3n) is 3.99. The van der Waals surface area contributed by atoms with Gasteiger partial charge in [0.25, 0.3) is 5.91 Å². The maximum atomic E-state index is 12.6. The second kappa shape index (κ2) is 6.66. The molecule has 124 valence electrons. The van der Waals surface area contributed by atoms with Gasteiger partial charge in [0.05, 0.1) is 18.2 Å². The molecule has 0 spiro atoms. The van der Waals surface area contributed by atoms with Crippen molar-refractivity contribution in [2.75, 3.05) is 33.3 Å². The fraction of sp³-hybridized carbons (Fsp3) is 0.294. The topological polar surface area (TPSA) is 79.8 Å². The highest BCUT2D eigenvalue weighted by Gasteiger charge is 2.29. The van der Waals surface area contributed by atoms with Gasteiger partial charge in [-0.2, -0.15) is 0 Å². The highest BCUT2D eigenvalue weighted by atomic mass is 16.5. The maximum absolute atomic E-state index is 12.6. The van der Waals surface area contributed by atoms with Crippen LogP contribution in [-0.2, 0) is 14.3 Å². The number of aromatic nitrogens is 1. The molecule has 7 heteroatoms. The summed E-state index contributed by atoms with van der Waals surface area (Å²) in [5.41, 5.74) is 1.26. The summed E-state index contributed by atoms with van der Waals surface area (Å²) in [6.07, 6.45) is 1.52. The molecule has 0 saturated carbocycles. The number of esters is 1. The Balaban J connectivity index is 1.71. The Morgan fingerprint density at radius 2 is 2.04 bits per heavy atom. The number of fused-ring (bicyclic) bond motifs is 1. The standard InChI is InChI=1S/C17H17N3O4/c1-24-16(22)11-19-6-7-20(10-15(19)21)17(23)13-8-12-4-2-3-5-14(12)18-9-13/h2-5,8-9H,6-7,10-11H2,1H3. The zero-order valence-electron chi connectivity index (χ0n) is 13.3. The largest absolute Gasteiger partial charge is 0.468 e. The lowest BCUT2D eigenvalue weighted by Crippen LogP contribution is -2.53. The Kier molecular flexibility index (Phi) is 4.41. The van der Waals surface area contributed by atoms with Crippen LogP contribution in [0.3, 0.4) is 0 Å². The first-order valence-electron chi connectivity index (χ1n) is 7.57. The molecule has 2 aromatic rings. The first-order chi connectivity index (χ1) is 11.6. The molecule has 0 N–H and O–H groups in total. The summed E-state index contributed by atoms with van der Waals surface area (Å²) >= 11 is 0. The first kappa shape index (κ1) is 15.9. The predicted molar refractivity (Wildman–Crippen MR) is 86.2 cm³/mol. The number of carbonyl (C=O) groups excluding carboxylic acids is 3. The zero-order valence-corrected chi connectivity index (χ0v) is 13.3. The van der Waals surface area contributed by atoms with Crippen molar-refractivity contribution < 1.29 is 19.1 Å². The Labute approximate surface area is 138 Å². The number of para-hydroxylation sites is 1. The van der Waals surface area contributed by atoms with E-state index in [4.69, 9.17) is 0 Å². The second-order valence-electron chi connectivity index (χ2n) is 5.53. The van der Waals surface area contributed by atoms with Gasteiger partial charge >= 0.3 is 5.97 Å². The summed E-state index contributed by atoms with van der Waals surface area (Å²) in [7, 11) is 1.28. The molecule has 1 aliphatic rings. The van der Waals surface area contributed by atoms with E-state index in [-0.39, 0.29) is 24.9 Å². The fourth-order valence-corrected chi connectivity index (χ4v) is 2.64. The Morgan fingerprint density at radius 3 is 2.79 bits per heavy atom. The first-order valence-corrected chi connectivity index (χ1v) is 7.57. The summed E-state index contributed by atoms with van der Waals surface area (Å²) in [5.74, 6) is -0.977. The van der Waals surface area contributed by atoms with E-state index in [1.54, 1.807) is 6.07 Å². The molecule has 24 heavy (non-hydrogen) atoms. The van der Waals surface area contributed by atoms with Crippen LogP contribution < -0.4 is 0 Å². The number of benzene rings is 1. The molecule has 2 amide bonds. The van der Waals surface area contributed by atoms with Crippen molar-refractivity contribution in [1.82, 2.24) is 14.8 Å². The Hall–Kier alpha value is -2.96. The van der Waals surface area contributed by atoms with E-state index in [1.807, 2.05) is 24.3 Å². The molecule has 0 atom stereocenters. The summed E-state index contributed by atoms with van der Waals surface area (Å²) in [5, 5.41) is 0.874. The molecule has 1 aromatic heterocycles. The number of hydrogen-bond acceptors (Lipinski definition) is 5. The summed E-state index contributed by atoms with van der Waals surface area (Å²) in [4.78, 5) is 43.1. The predicted octanol–water partition coefficient (Wildman–Crippen LogP) is 0.692. The van der Waals surface area contributed by atoms with E-state index in [0.717, 1.165) is 10.9 Å². The number of carbonyl (C=O) groups is 3. The van der Waals surface area contributed by atoms with Crippen molar-refractivity contribution >= 4 is 28.7 Å². The van der Waals surface area contributed by atoms with E-state index >= 15 is 0 Å². The molecule has 0 unspecified atom stereocenters. The van der Waals surface area contributed by atoms with Crippen molar-refractivity contribution in [3.8, 4) is 0 Å². The van der Waals surface area contributed by atoms with Crippen LogP contribution in [-0.4, -0.2) is 65.9 Å². The van der Waals surface area contributed by atoms with Crippen LogP contribution in [0.5, 0.6) is 0 Å². The van der Waals surface area contributed by atoms with Gasteiger partial charge in [-0.1, -0.05) is 18.2 Å². The van der Waals surface area contributed by atoms with Crippen molar-refractivity contribution in [1.29, 1.82) is 0 Å². The minimum Gasteiger partial charge on any atom is -0.468 e. The fourth-order valence-electron chi connectivity index (χ4n) is 2.64. The van der Waals surface area contributed by atoms with Crippen LogP contribution >= 0.6 is 0 Å². The van der Waals surface area contributed by atoms with Crippen molar-refractivity contribution in [3.63, 3.8) is 0 Å². The lowest BCUT2D eigenvalue weighted by atomic mass is 10.1. The molecule has 1 aliphatic heterocycles. The summed E-state index contributed by atoms with van der Waals surface area (Å²) < 4.78 is 4.56. The third-order valence-corrected chi connectivity index (χ3v) is 3.99. The second-order valence-corrected chi connectivity index (χ2v) is 5.53. The van der Waals surface area contributed by atoms with Gasteiger partial charge in [-0.3, -0.25) is 19.4 Å². The van der Waals surface area contributed by atoms with Gasteiger partial charge in [0.2, 0.25) is 5.91 Å². The smallest absolute Gasteiger partial charge is 0.325 e. The summed E-state index contributed by atoms with van der Waals surface area (Å²) in [6, 6.07) is 9.30. The third kappa shape index (κ3) is 3.19. The van der Waals surface area contributed by atoms with E-state index in [1.165, 1.54) is 23.1 Å². The molecule has 0 radical (unpaired) electrons. The molecule has 3 rings (SSSR count).